The van der Waals surface area contributed by atoms with E-state index in [2.05, 4.69) is 17.6 Å². The van der Waals surface area contributed by atoms with Crippen LogP contribution in [-0.4, -0.2) is 18.0 Å². The molecule has 3 nitrogen and oxygen atoms in total. The topological polar surface area (TPSA) is 55.1 Å². The van der Waals surface area contributed by atoms with Crippen LogP contribution in [0.25, 0.3) is 0 Å². The van der Waals surface area contributed by atoms with Crippen LogP contribution in [0.2, 0.25) is 0 Å². The number of carbonyl (C=O) groups excluding carboxylic acids is 1. The van der Waals surface area contributed by atoms with Crippen molar-refractivity contribution in [1.29, 1.82) is 0 Å². The molecular formula is C16H24N2OS. The van der Waals surface area contributed by atoms with Crippen LogP contribution in [0.1, 0.15) is 59.8 Å². The minimum atomic E-state index is 0.137. The van der Waals surface area contributed by atoms with Gasteiger partial charge >= 0.3 is 0 Å². The SMILES string of the molecule is CC1CCc2c(C(=O)NC3CCC(N)CC3)csc2C1. The molecule has 1 heterocycles. The van der Waals surface area contributed by atoms with E-state index >= 15 is 0 Å². The van der Waals surface area contributed by atoms with Gasteiger partial charge in [0.1, 0.15) is 0 Å². The summed E-state index contributed by atoms with van der Waals surface area (Å²) >= 11 is 1.77. The molecule has 1 fully saturated rings. The van der Waals surface area contributed by atoms with Gasteiger partial charge in [-0.3, -0.25) is 4.79 Å². The van der Waals surface area contributed by atoms with E-state index < -0.39 is 0 Å². The van der Waals surface area contributed by atoms with Gasteiger partial charge in [-0.05, 0) is 56.4 Å². The molecule has 3 N–H and O–H groups in total. The number of nitrogens with two attached hydrogens (primary N) is 1. The molecule has 1 saturated carbocycles. The maximum absolute atomic E-state index is 12.5. The third-order valence-electron chi connectivity index (χ3n) is 4.75. The highest BCUT2D eigenvalue weighted by Gasteiger charge is 2.25. The van der Waals surface area contributed by atoms with Gasteiger partial charge in [0, 0.05) is 22.3 Å². The Kier molecular flexibility index (Phi) is 4.13. The maximum atomic E-state index is 12.5. The third kappa shape index (κ3) is 2.91. The molecule has 110 valence electrons. The molecular weight excluding hydrogens is 268 g/mol. The average molecular weight is 292 g/mol. The fourth-order valence-corrected chi connectivity index (χ4v) is 4.64. The highest BCUT2D eigenvalue weighted by molar-refractivity contribution is 7.10. The summed E-state index contributed by atoms with van der Waals surface area (Å²) in [6, 6.07) is 0.652. The Hall–Kier alpha value is -0.870. The third-order valence-corrected chi connectivity index (χ3v) is 5.80. The van der Waals surface area contributed by atoms with Gasteiger partial charge in [-0.2, -0.15) is 0 Å². The first kappa shape index (κ1) is 14.1. The Balaban J connectivity index is 1.66. The second-order valence-corrected chi connectivity index (χ2v) is 7.45. The van der Waals surface area contributed by atoms with Crippen LogP contribution in [-0.2, 0) is 12.8 Å². The first-order chi connectivity index (χ1) is 9.63. The first-order valence-corrected chi connectivity index (χ1v) is 8.67. The molecule has 1 aromatic heterocycles. The fourth-order valence-electron chi connectivity index (χ4n) is 3.39. The predicted molar refractivity (Wildman–Crippen MR) is 83.2 cm³/mol. The molecule has 0 bridgehead atoms. The van der Waals surface area contributed by atoms with Gasteiger partial charge in [0.15, 0.2) is 0 Å². The van der Waals surface area contributed by atoms with Crippen molar-refractivity contribution in [1.82, 2.24) is 5.32 Å². The zero-order chi connectivity index (χ0) is 14.1. The van der Waals surface area contributed by atoms with Gasteiger partial charge in [-0.1, -0.05) is 6.92 Å². The predicted octanol–water partition coefficient (Wildman–Crippen LogP) is 2.87. The van der Waals surface area contributed by atoms with Crippen LogP contribution in [0.15, 0.2) is 5.38 Å². The molecule has 1 amide bonds. The maximum Gasteiger partial charge on any atom is 0.252 e. The number of carbonyl (C=O) groups is 1. The van der Waals surface area contributed by atoms with Crippen LogP contribution >= 0.6 is 11.3 Å². The molecule has 1 aromatic rings. The quantitative estimate of drug-likeness (QED) is 0.880. The van der Waals surface area contributed by atoms with Crippen LogP contribution < -0.4 is 11.1 Å². The zero-order valence-electron chi connectivity index (χ0n) is 12.2. The molecule has 0 saturated heterocycles. The van der Waals surface area contributed by atoms with Crippen LogP contribution in [0.3, 0.4) is 0 Å². The van der Waals surface area contributed by atoms with Gasteiger partial charge in [-0.15, -0.1) is 11.3 Å². The molecule has 1 atom stereocenters. The Morgan fingerprint density at radius 1 is 1.30 bits per heavy atom. The van der Waals surface area contributed by atoms with Crippen molar-refractivity contribution in [2.24, 2.45) is 11.7 Å². The van der Waals surface area contributed by atoms with E-state index in [9.17, 15) is 4.79 Å². The summed E-state index contributed by atoms with van der Waals surface area (Å²) in [4.78, 5) is 13.9. The molecule has 2 aliphatic carbocycles. The number of fused-ring (bicyclic) bond motifs is 1. The smallest absolute Gasteiger partial charge is 0.252 e. The van der Waals surface area contributed by atoms with Gasteiger partial charge in [0.25, 0.3) is 5.91 Å². The Morgan fingerprint density at radius 3 is 2.80 bits per heavy atom. The van der Waals surface area contributed by atoms with Gasteiger partial charge in [-0.25, -0.2) is 0 Å². The lowest BCUT2D eigenvalue weighted by atomic mass is 9.88. The molecule has 0 spiro atoms. The number of amides is 1. The minimum Gasteiger partial charge on any atom is -0.349 e. The van der Waals surface area contributed by atoms with E-state index in [0.717, 1.165) is 50.0 Å². The molecule has 1 unspecified atom stereocenters. The molecule has 20 heavy (non-hydrogen) atoms. The second kappa shape index (κ2) is 5.86. The lowest BCUT2D eigenvalue weighted by molar-refractivity contribution is 0.0925. The number of nitrogens with one attached hydrogen (secondary N) is 1. The summed E-state index contributed by atoms with van der Waals surface area (Å²) in [5.41, 5.74) is 8.17. The minimum absolute atomic E-state index is 0.137. The highest BCUT2D eigenvalue weighted by Crippen LogP contribution is 2.33. The molecule has 3 rings (SSSR count). The largest absolute Gasteiger partial charge is 0.349 e. The van der Waals surface area contributed by atoms with Crippen LogP contribution in [0.5, 0.6) is 0 Å². The fraction of sp³-hybridized carbons (Fsp3) is 0.688. The highest BCUT2D eigenvalue weighted by atomic mass is 32.1. The second-order valence-electron chi connectivity index (χ2n) is 6.48. The van der Waals surface area contributed by atoms with Crippen molar-refractivity contribution in [2.75, 3.05) is 0 Å². The summed E-state index contributed by atoms with van der Waals surface area (Å²) in [7, 11) is 0. The lowest BCUT2D eigenvalue weighted by Crippen LogP contribution is -2.40. The van der Waals surface area contributed by atoms with Crippen molar-refractivity contribution < 1.29 is 4.79 Å². The van der Waals surface area contributed by atoms with E-state index in [0.29, 0.717) is 12.1 Å². The Morgan fingerprint density at radius 2 is 2.05 bits per heavy atom. The summed E-state index contributed by atoms with van der Waals surface area (Å²) < 4.78 is 0. The average Bonchev–Trinajstić information content (AvgIpc) is 2.84. The number of hydrogen-bond donors (Lipinski definition) is 2. The number of hydrogen-bond acceptors (Lipinski definition) is 3. The monoisotopic (exact) mass is 292 g/mol. The summed E-state index contributed by atoms with van der Waals surface area (Å²) in [6.07, 6.45) is 7.53. The van der Waals surface area contributed by atoms with Crippen molar-refractivity contribution >= 4 is 17.2 Å². The normalized spacial score (nSPS) is 29.8. The zero-order valence-corrected chi connectivity index (χ0v) is 13.0. The lowest BCUT2D eigenvalue weighted by Gasteiger charge is -2.27. The first-order valence-electron chi connectivity index (χ1n) is 7.79. The Labute approximate surface area is 124 Å². The number of rotatable bonds is 2. The van der Waals surface area contributed by atoms with Gasteiger partial charge < -0.3 is 11.1 Å². The number of thiophene rings is 1. The van der Waals surface area contributed by atoms with E-state index in [4.69, 9.17) is 5.73 Å². The van der Waals surface area contributed by atoms with Crippen molar-refractivity contribution in [2.45, 2.75) is 64.0 Å². The Bertz CT molecular complexity index is 489. The molecule has 0 aromatic carbocycles. The van der Waals surface area contributed by atoms with E-state index in [-0.39, 0.29) is 5.91 Å². The standard InChI is InChI=1S/C16H24N2OS/c1-10-2-7-13-14(9-20-15(13)8-10)16(19)18-12-5-3-11(17)4-6-12/h9-12H,2-8,17H2,1H3,(H,18,19). The van der Waals surface area contributed by atoms with Crippen molar-refractivity contribution in [3.05, 3.63) is 21.4 Å². The molecule has 2 aliphatic rings. The van der Waals surface area contributed by atoms with E-state index in [1.54, 1.807) is 11.3 Å². The van der Waals surface area contributed by atoms with Crippen molar-refractivity contribution in [3.63, 3.8) is 0 Å². The van der Waals surface area contributed by atoms with Crippen molar-refractivity contribution in [3.8, 4) is 0 Å². The van der Waals surface area contributed by atoms with Gasteiger partial charge in [0.2, 0.25) is 0 Å². The van der Waals surface area contributed by atoms with E-state index in [1.807, 2.05) is 0 Å². The summed E-state index contributed by atoms with van der Waals surface area (Å²) in [5, 5.41) is 5.28. The molecule has 0 radical (unpaired) electrons. The van der Waals surface area contributed by atoms with E-state index in [1.165, 1.54) is 16.9 Å². The molecule has 0 aliphatic heterocycles. The summed E-state index contributed by atoms with van der Waals surface area (Å²) in [5.74, 6) is 0.898. The van der Waals surface area contributed by atoms with Gasteiger partial charge in [0.05, 0.1) is 5.56 Å². The van der Waals surface area contributed by atoms with Crippen LogP contribution in [0.4, 0.5) is 0 Å². The molecule has 4 heteroatoms. The van der Waals surface area contributed by atoms with Crippen LogP contribution in [0, 0.1) is 5.92 Å². The summed E-state index contributed by atoms with van der Waals surface area (Å²) in [6.45, 7) is 2.30.